The molecule has 0 aliphatic heterocycles. The molecule has 0 saturated carbocycles. The van der Waals surface area contributed by atoms with Crippen molar-refractivity contribution in [2.75, 3.05) is 0 Å². The van der Waals surface area contributed by atoms with Gasteiger partial charge in [-0.1, -0.05) is 160 Å². The van der Waals surface area contributed by atoms with E-state index in [0.29, 0.717) is 6.42 Å². The summed E-state index contributed by atoms with van der Waals surface area (Å²) in [7, 11) is 0. The molecule has 45 heavy (non-hydrogen) atoms. The van der Waals surface area contributed by atoms with Crippen LogP contribution in [0.4, 0.5) is 0 Å². The molecule has 0 aliphatic rings. The molecular formula is C41H76O4. The summed E-state index contributed by atoms with van der Waals surface area (Å²) in [6, 6.07) is 0. The first kappa shape index (κ1) is 43.4. The molecule has 4 heteroatoms. The van der Waals surface area contributed by atoms with Gasteiger partial charge in [0.15, 0.2) is 0 Å². The third-order valence-corrected chi connectivity index (χ3v) is 8.93. The van der Waals surface area contributed by atoms with Gasteiger partial charge in [-0.2, -0.15) is 0 Å². The highest BCUT2D eigenvalue weighted by molar-refractivity contribution is 5.69. The Morgan fingerprint density at radius 3 is 1.33 bits per heavy atom. The van der Waals surface area contributed by atoms with Crippen LogP contribution in [0.2, 0.25) is 0 Å². The fraction of sp³-hybridized carbons (Fsp3) is 0.854. The Hall–Kier alpha value is -1.58. The minimum absolute atomic E-state index is 0.00844. The van der Waals surface area contributed by atoms with Crippen molar-refractivity contribution in [3.63, 3.8) is 0 Å². The van der Waals surface area contributed by atoms with Crippen LogP contribution in [0.25, 0.3) is 0 Å². The number of ether oxygens (including phenoxy) is 1. The van der Waals surface area contributed by atoms with Crippen LogP contribution in [0.1, 0.15) is 219 Å². The van der Waals surface area contributed by atoms with E-state index >= 15 is 0 Å². The molecule has 1 unspecified atom stereocenters. The van der Waals surface area contributed by atoms with Crippen LogP contribution < -0.4 is 0 Å². The number of carbonyl (C=O) groups excluding carboxylic acids is 1. The normalized spacial score (nSPS) is 12.4. The number of aliphatic carboxylic acids is 1. The zero-order chi connectivity index (χ0) is 32.9. The number of rotatable bonds is 36. The molecule has 0 aliphatic carbocycles. The second kappa shape index (κ2) is 36.9. The summed E-state index contributed by atoms with van der Waals surface area (Å²) >= 11 is 0. The van der Waals surface area contributed by atoms with Gasteiger partial charge in [0.05, 0.1) is 0 Å². The quantitative estimate of drug-likeness (QED) is 0.0424. The highest BCUT2D eigenvalue weighted by Crippen LogP contribution is 2.19. The smallest absolute Gasteiger partial charge is 0.306 e. The molecule has 1 atom stereocenters. The number of esters is 1. The van der Waals surface area contributed by atoms with E-state index in [-0.39, 0.29) is 18.5 Å². The summed E-state index contributed by atoms with van der Waals surface area (Å²) in [5, 5.41) is 8.81. The third kappa shape index (κ3) is 36.8. The van der Waals surface area contributed by atoms with Gasteiger partial charge in [-0.15, -0.1) is 0 Å². The molecule has 0 radical (unpaired) electrons. The van der Waals surface area contributed by atoms with Crippen molar-refractivity contribution in [2.45, 2.75) is 225 Å². The predicted molar refractivity (Wildman–Crippen MR) is 195 cm³/mol. The first-order chi connectivity index (χ1) is 22.1. The average molecular weight is 633 g/mol. The number of allylic oxidation sites excluding steroid dienone is 4. The summed E-state index contributed by atoms with van der Waals surface area (Å²) in [5.41, 5.74) is 0. The van der Waals surface area contributed by atoms with Crippen LogP contribution in [0.3, 0.4) is 0 Å². The van der Waals surface area contributed by atoms with Crippen molar-refractivity contribution in [3.8, 4) is 0 Å². The van der Waals surface area contributed by atoms with Crippen molar-refractivity contribution >= 4 is 11.9 Å². The van der Waals surface area contributed by atoms with Crippen molar-refractivity contribution < 1.29 is 19.4 Å². The molecular weight excluding hydrogens is 556 g/mol. The number of hydrogen-bond donors (Lipinski definition) is 1. The molecule has 0 aromatic heterocycles. The molecule has 264 valence electrons. The van der Waals surface area contributed by atoms with E-state index in [9.17, 15) is 9.59 Å². The second-order valence-corrected chi connectivity index (χ2v) is 13.5. The first-order valence-corrected chi connectivity index (χ1v) is 19.8. The maximum Gasteiger partial charge on any atom is 0.306 e. The third-order valence-electron chi connectivity index (χ3n) is 8.93. The summed E-state index contributed by atoms with van der Waals surface area (Å²) in [5.74, 6) is -0.709. The Kier molecular flexibility index (Phi) is 35.6. The Morgan fingerprint density at radius 1 is 0.489 bits per heavy atom. The van der Waals surface area contributed by atoms with Crippen LogP contribution >= 0.6 is 0 Å². The Balaban J connectivity index is 4.03. The van der Waals surface area contributed by atoms with Crippen LogP contribution in [0.15, 0.2) is 24.3 Å². The second-order valence-electron chi connectivity index (χ2n) is 13.5. The average Bonchev–Trinajstić information content (AvgIpc) is 3.02. The van der Waals surface area contributed by atoms with Gasteiger partial charge >= 0.3 is 11.9 Å². The lowest BCUT2D eigenvalue weighted by molar-refractivity contribution is -0.150. The maximum atomic E-state index is 12.6. The van der Waals surface area contributed by atoms with Crippen molar-refractivity contribution in [1.29, 1.82) is 0 Å². The molecule has 0 rings (SSSR count). The van der Waals surface area contributed by atoms with Gasteiger partial charge < -0.3 is 9.84 Å². The Labute approximate surface area is 280 Å². The largest absolute Gasteiger partial charge is 0.481 e. The first-order valence-electron chi connectivity index (χ1n) is 19.8. The van der Waals surface area contributed by atoms with Gasteiger partial charge in [-0.3, -0.25) is 9.59 Å². The molecule has 0 amide bonds. The molecule has 0 heterocycles. The standard InChI is InChI=1S/C41H76O4/c1-3-5-7-9-11-13-15-16-17-18-19-21-23-25-30-34-38-41(44)45-39(36-32-28-26-29-33-37-40(42)43)35-31-27-24-22-20-14-12-10-8-6-4-2/h13,15,17-18,39H,3-12,14,16,19-38H2,1-2H3,(H,42,43)/b15-13-,18-17-. The molecule has 0 bridgehead atoms. The Bertz CT molecular complexity index is 683. The number of unbranched alkanes of at least 4 members (excludes halogenated alkanes) is 23. The number of hydrogen-bond acceptors (Lipinski definition) is 3. The molecule has 4 nitrogen and oxygen atoms in total. The summed E-state index contributed by atoms with van der Waals surface area (Å²) in [4.78, 5) is 23.4. The van der Waals surface area contributed by atoms with Gasteiger partial charge in [0.2, 0.25) is 0 Å². The van der Waals surface area contributed by atoms with E-state index in [1.165, 1.54) is 116 Å². The van der Waals surface area contributed by atoms with Gasteiger partial charge in [0, 0.05) is 12.8 Å². The van der Waals surface area contributed by atoms with E-state index in [2.05, 4.69) is 38.2 Å². The van der Waals surface area contributed by atoms with E-state index < -0.39 is 5.97 Å². The zero-order valence-electron chi connectivity index (χ0n) is 30.2. The monoisotopic (exact) mass is 633 g/mol. The lowest BCUT2D eigenvalue weighted by Crippen LogP contribution is -2.18. The molecule has 0 aromatic carbocycles. The van der Waals surface area contributed by atoms with Crippen molar-refractivity contribution in [2.24, 2.45) is 0 Å². The summed E-state index contributed by atoms with van der Waals surface area (Å²) in [6.07, 6.45) is 46.2. The Morgan fingerprint density at radius 2 is 0.867 bits per heavy atom. The SMILES string of the molecule is CCCCCC/C=C\C/C=C\CCCCCCCC(=O)OC(CCCCCCCCCCCCC)CCCCCCCC(=O)O. The highest BCUT2D eigenvalue weighted by atomic mass is 16.5. The molecule has 0 saturated heterocycles. The van der Waals surface area contributed by atoms with Crippen molar-refractivity contribution in [3.05, 3.63) is 24.3 Å². The maximum absolute atomic E-state index is 12.6. The predicted octanol–water partition coefficient (Wildman–Crippen LogP) is 13.6. The number of carboxylic acids is 1. The van der Waals surface area contributed by atoms with E-state index in [4.69, 9.17) is 9.84 Å². The van der Waals surface area contributed by atoms with Gasteiger partial charge in [-0.05, 0) is 70.6 Å². The van der Waals surface area contributed by atoms with E-state index in [0.717, 1.165) is 77.0 Å². The highest BCUT2D eigenvalue weighted by Gasteiger charge is 2.14. The molecule has 0 aromatic rings. The molecule has 0 spiro atoms. The minimum atomic E-state index is -0.701. The van der Waals surface area contributed by atoms with Crippen molar-refractivity contribution in [1.82, 2.24) is 0 Å². The van der Waals surface area contributed by atoms with E-state index in [1.807, 2.05) is 0 Å². The fourth-order valence-electron chi connectivity index (χ4n) is 5.98. The van der Waals surface area contributed by atoms with Gasteiger partial charge in [-0.25, -0.2) is 0 Å². The molecule has 1 N–H and O–H groups in total. The van der Waals surface area contributed by atoms with Crippen LogP contribution in [-0.2, 0) is 14.3 Å². The summed E-state index contributed by atoms with van der Waals surface area (Å²) in [6.45, 7) is 4.53. The number of carboxylic acid groups (broad SMARTS) is 1. The molecule has 0 fully saturated rings. The summed E-state index contributed by atoms with van der Waals surface area (Å²) < 4.78 is 5.99. The van der Waals surface area contributed by atoms with Gasteiger partial charge in [0.1, 0.15) is 6.10 Å². The lowest BCUT2D eigenvalue weighted by Gasteiger charge is -2.18. The zero-order valence-corrected chi connectivity index (χ0v) is 30.2. The van der Waals surface area contributed by atoms with Crippen LogP contribution in [-0.4, -0.2) is 23.1 Å². The number of carbonyl (C=O) groups is 2. The lowest BCUT2D eigenvalue weighted by atomic mass is 10.0. The van der Waals surface area contributed by atoms with E-state index in [1.54, 1.807) is 0 Å². The van der Waals surface area contributed by atoms with Crippen LogP contribution in [0, 0.1) is 0 Å². The fourth-order valence-corrected chi connectivity index (χ4v) is 5.98. The van der Waals surface area contributed by atoms with Gasteiger partial charge in [0.25, 0.3) is 0 Å². The minimum Gasteiger partial charge on any atom is -0.481 e. The van der Waals surface area contributed by atoms with Crippen LogP contribution in [0.5, 0.6) is 0 Å². The topological polar surface area (TPSA) is 63.6 Å².